The summed E-state index contributed by atoms with van der Waals surface area (Å²) in [6.45, 7) is 1.58. The van der Waals surface area contributed by atoms with Crippen LogP contribution >= 0.6 is 11.3 Å². The molecule has 0 saturated carbocycles. The molecule has 0 bridgehead atoms. The second kappa shape index (κ2) is 6.87. The minimum atomic E-state index is -3.63. The fourth-order valence-electron chi connectivity index (χ4n) is 2.56. The normalized spacial score (nSPS) is 17.8. The first kappa shape index (κ1) is 16.4. The van der Waals surface area contributed by atoms with Crippen LogP contribution in [-0.4, -0.2) is 45.4 Å². The number of carbonyl (C=O) groups excluding carboxylic acids is 1. The van der Waals surface area contributed by atoms with E-state index in [2.05, 4.69) is 4.74 Å². The van der Waals surface area contributed by atoms with Gasteiger partial charge in [0.25, 0.3) is 0 Å². The third kappa shape index (κ3) is 3.45. The number of rotatable bonds is 5. The van der Waals surface area contributed by atoms with Crippen molar-refractivity contribution in [2.24, 2.45) is 11.7 Å². The number of nitrogens with zero attached hydrogens (tertiary/aromatic N) is 1. The summed E-state index contributed by atoms with van der Waals surface area (Å²) in [7, 11) is -2.38. The second-order valence-corrected chi connectivity index (χ2v) is 7.85. The molecule has 0 spiro atoms. The lowest BCUT2D eigenvalue weighted by Crippen LogP contribution is -2.39. The Hall–Kier alpha value is -0.960. The largest absolute Gasteiger partial charge is 0.465 e. The van der Waals surface area contributed by atoms with Gasteiger partial charge in [-0.2, -0.15) is 4.31 Å². The van der Waals surface area contributed by atoms with Gasteiger partial charge in [-0.3, -0.25) is 0 Å². The van der Waals surface area contributed by atoms with Crippen LogP contribution in [0.1, 0.15) is 28.9 Å². The molecule has 1 saturated heterocycles. The first-order chi connectivity index (χ1) is 10.0. The van der Waals surface area contributed by atoms with E-state index in [1.54, 1.807) is 5.38 Å². The summed E-state index contributed by atoms with van der Waals surface area (Å²) in [5, 5.41) is 1.60. The highest BCUT2D eigenvalue weighted by molar-refractivity contribution is 7.89. The average molecular weight is 332 g/mol. The van der Waals surface area contributed by atoms with Crippen LogP contribution in [0.5, 0.6) is 0 Å². The Labute approximate surface area is 128 Å². The van der Waals surface area contributed by atoms with Gasteiger partial charge in [0.1, 0.15) is 9.77 Å². The quantitative estimate of drug-likeness (QED) is 0.821. The molecule has 0 atom stereocenters. The third-order valence-electron chi connectivity index (χ3n) is 3.77. The highest BCUT2D eigenvalue weighted by atomic mass is 32.2. The summed E-state index contributed by atoms with van der Waals surface area (Å²) < 4.78 is 31.4. The monoisotopic (exact) mass is 332 g/mol. The molecule has 1 aliphatic rings. The molecule has 1 aromatic rings. The van der Waals surface area contributed by atoms with Gasteiger partial charge in [-0.25, -0.2) is 13.2 Å². The van der Waals surface area contributed by atoms with Crippen molar-refractivity contribution >= 4 is 27.3 Å². The van der Waals surface area contributed by atoms with Crippen LogP contribution in [0.3, 0.4) is 0 Å². The van der Waals surface area contributed by atoms with Gasteiger partial charge in [0, 0.05) is 13.1 Å². The van der Waals surface area contributed by atoms with E-state index < -0.39 is 16.0 Å². The number of nitrogens with two attached hydrogens (primary N) is 1. The smallest absolute Gasteiger partial charge is 0.349 e. The zero-order chi connectivity index (χ0) is 15.5. The molecule has 1 fully saturated rings. The number of piperidine rings is 1. The molecular formula is C13H20N2O4S2. The molecule has 0 radical (unpaired) electrons. The first-order valence-corrected chi connectivity index (χ1v) is 9.18. The molecule has 0 amide bonds. The number of hydrogen-bond acceptors (Lipinski definition) is 6. The number of esters is 1. The van der Waals surface area contributed by atoms with Crippen LogP contribution in [-0.2, 0) is 14.8 Å². The van der Waals surface area contributed by atoms with Crippen LogP contribution in [0.4, 0.5) is 0 Å². The Morgan fingerprint density at radius 2 is 2.14 bits per heavy atom. The predicted octanol–water partition coefficient (Wildman–Crippen LogP) is 1.28. The van der Waals surface area contributed by atoms with Crippen molar-refractivity contribution in [2.45, 2.75) is 24.2 Å². The van der Waals surface area contributed by atoms with Gasteiger partial charge in [0.15, 0.2) is 0 Å². The first-order valence-electron chi connectivity index (χ1n) is 6.86. The number of ether oxygens (including phenoxy) is 1. The molecule has 1 aromatic heterocycles. The Balaban J connectivity index is 2.16. The van der Waals surface area contributed by atoms with Crippen molar-refractivity contribution in [1.82, 2.24) is 4.31 Å². The van der Waals surface area contributed by atoms with E-state index in [-0.39, 0.29) is 9.77 Å². The molecule has 21 heavy (non-hydrogen) atoms. The van der Waals surface area contributed by atoms with E-state index >= 15 is 0 Å². The minimum Gasteiger partial charge on any atom is -0.465 e. The lowest BCUT2D eigenvalue weighted by atomic mass is 9.95. The van der Waals surface area contributed by atoms with Gasteiger partial charge in [-0.05, 0) is 43.2 Å². The molecule has 6 nitrogen and oxygen atoms in total. The van der Waals surface area contributed by atoms with Crippen molar-refractivity contribution in [3.8, 4) is 0 Å². The summed E-state index contributed by atoms with van der Waals surface area (Å²) in [4.78, 5) is 11.8. The Morgan fingerprint density at radius 3 is 2.71 bits per heavy atom. The van der Waals surface area contributed by atoms with Gasteiger partial charge in [0.2, 0.25) is 10.0 Å². The molecule has 1 aliphatic heterocycles. The molecule has 2 rings (SSSR count). The van der Waals surface area contributed by atoms with Crippen molar-refractivity contribution in [3.63, 3.8) is 0 Å². The van der Waals surface area contributed by atoms with Gasteiger partial charge in [-0.15, -0.1) is 11.3 Å². The average Bonchev–Trinajstić information content (AvgIpc) is 2.97. The highest BCUT2D eigenvalue weighted by Crippen LogP contribution is 2.29. The maximum absolute atomic E-state index is 12.7. The van der Waals surface area contributed by atoms with Crippen LogP contribution in [0.2, 0.25) is 0 Å². The van der Waals surface area contributed by atoms with Gasteiger partial charge in [-0.1, -0.05) is 0 Å². The van der Waals surface area contributed by atoms with Crippen LogP contribution in [0, 0.1) is 5.92 Å². The topological polar surface area (TPSA) is 89.7 Å². The fraction of sp³-hybridized carbons (Fsp3) is 0.615. The van der Waals surface area contributed by atoms with Crippen LogP contribution in [0.25, 0.3) is 0 Å². The lowest BCUT2D eigenvalue weighted by molar-refractivity contribution is 0.0602. The summed E-state index contributed by atoms with van der Waals surface area (Å²) in [6, 6.07) is 1.47. The van der Waals surface area contributed by atoms with E-state index in [0.717, 1.165) is 30.6 Å². The number of methoxy groups -OCH3 is 1. The van der Waals surface area contributed by atoms with E-state index in [1.165, 1.54) is 17.5 Å². The van der Waals surface area contributed by atoms with Crippen molar-refractivity contribution < 1.29 is 17.9 Å². The molecule has 0 unspecified atom stereocenters. The number of sulfonamides is 1. The van der Waals surface area contributed by atoms with E-state index in [0.29, 0.717) is 25.6 Å². The fourth-order valence-corrected chi connectivity index (χ4v) is 5.33. The standard InChI is InChI=1S/C13H20N2O4S2/c1-19-13(16)12-11(5-9-20-12)21(17,18)15-7-3-10(2-6-14)4-8-15/h5,9-10H,2-4,6-8,14H2,1H3. The summed E-state index contributed by atoms with van der Waals surface area (Å²) in [6.07, 6.45) is 2.56. The Kier molecular flexibility index (Phi) is 5.37. The highest BCUT2D eigenvalue weighted by Gasteiger charge is 2.33. The molecule has 118 valence electrons. The van der Waals surface area contributed by atoms with E-state index in [9.17, 15) is 13.2 Å². The van der Waals surface area contributed by atoms with E-state index in [4.69, 9.17) is 5.73 Å². The maximum atomic E-state index is 12.7. The molecule has 8 heteroatoms. The zero-order valence-corrected chi connectivity index (χ0v) is 13.6. The van der Waals surface area contributed by atoms with Gasteiger partial charge >= 0.3 is 5.97 Å². The van der Waals surface area contributed by atoms with Crippen molar-refractivity contribution in [3.05, 3.63) is 16.3 Å². The zero-order valence-electron chi connectivity index (χ0n) is 11.9. The minimum absolute atomic E-state index is 0.0524. The van der Waals surface area contributed by atoms with Crippen molar-refractivity contribution in [2.75, 3.05) is 26.7 Å². The molecule has 0 aliphatic carbocycles. The maximum Gasteiger partial charge on any atom is 0.349 e. The van der Waals surface area contributed by atoms with Gasteiger partial charge in [0.05, 0.1) is 7.11 Å². The second-order valence-electron chi connectivity index (χ2n) is 5.03. The molecule has 0 aromatic carbocycles. The summed E-state index contributed by atoms with van der Waals surface area (Å²) in [5.74, 6) is -0.120. The Bertz CT molecular complexity index is 589. The van der Waals surface area contributed by atoms with Crippen LogP contribution in [0.15, 0.2) is 16.3 Å². The third-order valence-corrected chi connectivity index (χ3v) is 6.73. The molecule has 2 heterocycles. The summed E-state index contributed by atoms with van der Waals surface area (Å²) >= 11 is 1.08. The molecular weight excluding hydrogens is 312 g/mol. The van der Waals surface area contributed by atoms with Gasteiger partial charge < -0.3 is 10.5 Å². The van der Waals surface area contributed by atoms with Crippen LogP contribution < -0.4 is 5.73 Å². The lowest BCUT2D eigenvalue weighted by Gasteiger charge is -2.30. The van der Waals surface area contributed by atoms with E-state index in [1.807, 2.05) is 0 Å². The molecule has 2 N–H and O–H groups in total. The number of thiophene rings is 1. The number of carbonyl (C=O) groups is 1. The number of hydrogen-bond donors (Lipinski definition) is 1. The van der Waals surface area contributed by atoms with Crippen molar-refractivity contribution in [1.29, 1.82) is 0 Å². The predicted molar refractivity (Wildman–Crippen MR) is 80.8 cm³/mol. The summed E-state index contributed by atoms with van der Waals surface area (Å²) in [5.41, 5.74) is 5.54. The Morgan fingerprint density at radius 1 is 1.48 bits per heavy atom. The SMILES string of the molecule is COC(=O)c1sccc1S(=O)(=O)N1CCC(CCN)CC1.